The molecule has 1 aliphatic carbocycles. The first-order valence-corrected chi connectivity index (χ1v) is 9.40. The van der Waals surface area contributed by atoms with Gasteiger partial charge in [-0.05, 0) is 25.7 Å². The molecule has 0 amide bonds. The van der Waals surface area contributed by atoms with Crippen molar-refractivity contribution in [3.8, 4) is 11.5 Å². The lowest BCUT2D eigenvalue weighted by Gasteiger charge is -2.25. The Labute approximate surface area is 154 Å². The second-order valence-corrected chi connectivity index (χ2v) is 7.52. The molecule has 0 saturated carbocycles. The van der Waals surface area contributed by atoms with E-state index in [0.717, 1.165) is 47.6 Å². The van der Waals surface area contributed by atoms with Crippen LogP contribution in [0.2, 0.25) is 0 Å². The van der Waals surface area contributed by atoms with Crippen LogP contribution in [0.25, 0.3) is 10.8 Å². The van der Waals surface area contributed by atoms with Gasteiger partial charge in [-0.3, -0.25) is 9.59 Å². The second kappa shape index (κ2) is 7.48. The number of ether oxygens (including phenoxy) is 2. The van der Waals surface area contributed by atoms with E-state index in [1.54, 1.807) is 0 Å². The zero-order valence-electron chi connectivity index (χ0n) is 15.9. The lowest BCUT2D eigenvalue weighted by molar-refractivity contribution is -0.138. The van der Waals surface area contributed by atoms with Crippen LogP contribution in [0.3, 0.4) is 0 Å². The molecular weight excluding hydrogens is 328 g/mol. The number of rotatable bonds is 4. The van der Waals surface area contributed by atoms with Crippen molar-refractivity contribution in [3.63, 3.8) is 0 Å². The van der Waals surface area contributed by atoms with E-state index in [-0.39, 0.29) is 23.8 Å². The van der Waals surface area contributed by atoms with Crippen LogP contribution < -0.4 is 9.47 Å². The van der Waals surface area contributed by atoms with Crippen LogP contribution in [0.5, 0.6) is 11.5 Å². The Kier molecular flexibility index (Phi) is 5.30. The third kappa shape index (κ3) is 3.46. The van der Waals surface area contributed by atoms with E-state index in [2.05, 4.69) is 0 Å². The SMILES string of the molecule is CC(C)C(=O)Oc1c2c(c(OC(=O)C(C)C)c3ccccc13)CCCC2. The van der Waals surface area contributed by atoms with Crippen molar-refractivity contribution in [1.29, 1.82) is 0 Å². The zero-order valence-corrected chi connectivity index (χ0v) is 15.9. The van der Waals surface area contributed by atoms with Crippen molar-refractivity contribution < 1.29 is 19.1 Å². The van der Waals surface area contributed by atoms with Crippen molar-refractivity contribution in [2.45, 2.75) is 53.4 Å². The standard InChI is InChI=1S/C22H26O4/c1-13(2)21(23)25-19-15-9-5-7-11-17(15)20(26-22(24)14(3)4)18-12-8-6-10-16(18)19/h5,7,9,11,13-14H,6,8,10,12H2,1-4H3. The first-order valence-electron chi connectivity index (χ1n) is 9.40. The van der Waals surface area contributed by atoms with E-state index in [1.807, 2.05) is 52.0 Å². The van der Waals surface area contributed by atoms with Crippen LogP contribution in [-0.2, 0) is 22.4 Å². The number of carbonyl (C=O) groups excluding carboxylic acids is 2. The van der Waals surface area contributed by atoms with Crippen molar-refractivity contribution in [2.24, 2.45) is 11.8 Å². The molecule has 4 heteroatoms. The highest BCUT2D eigenvalue weighted by atomic mass is 16.5. The topological polar surface area (TPSA) is 52.6 Å². The Morgan fingerprint density at radius 1 is 0.769 bits per heavy atom. The number of benzene rings is 2. The van der Waals surface area contributed by atoms with Crippen molar-refractivity contribution in [1.82, 2.24) is 0 Å². The quantitative estimate of drug-likeness (QED) is 0.582. The molecule has 0 heterocycles. The fraction of sp³-hybridized carbons (Fsp3) is 0.455. The summed E-state index contributed by atoms with van der Waals surface area (Å²) in [5.41, 5.74) is 2.02. The molecule has 0 saturated heterocycles. The molecule has 0 atom stereocenters. The minimum absolute atomic E-state index is 0.202. The summed E-state index contributed by atoms with van der Waals surface area (Å²) in [6.07, 6.45) is 3.73. The molecule has 0 aromatic heterocycles. The maximum atomic E-state index is 12.3. The summed E-state index contributed by atoms with van der Waals surface area (Å²) in [5.74, 6) is 0.388. The molecule has 1 aliphatic rings. The van der Waals surface area contributed by atoms with Gasteiger partial charge in [-0.1, -0.05) is 52.0 Å². The summed E-state index contributed by atoms with van der Waals surface area (Å²) in [7, 11) is 0. The summed E-state index contributed by atoms with van der Waals surface area (Å²) < 4.78 is 11.6. The lowest BCUT2D eigenvalue weighted by Crippen LogP contribution is -2.20. The summed E-state index contributed by atoms with van der Waals surface area (Å²) in [6.45, 7) is 7.32. The number of carbonyl (C=O) groups is 2. The zero-order chi connectivity index (χ0) is 18.8. The third-order valence-electron chi connectivity index (χ3n) is 4.78. The Morgan fingerprint density at radius 3 is 1.50 bits per heavy atom. The third-order valence-corrected chi connectivity index (χ3v) is 4.78. The minimum atomic E-state index is -0.241. The fourth-order valence-electron chi connectivity index (χ4n) is 3.28. The predicted molar refractivity (Wildman–Crippen MR) is 102 cm³/mol. The average molecular weight is 354 g/mol. The average Bonchev–Trinajstić information content (AvgIpc) is 2.63. The Balaban J connectivity index is 2.23. The predicted octanol–water partition coefficient (Wildman–Crippen LogP) is 4.84. The Hall–Kier alpha value is -2.36. The molecule has 0 spiro atoms. The molecule has 2 aromatic carbocycles. The molecule has 0 radical (unpaired) electrons. The van der Waals surface area contributed by atoms with E-state index in [1.165, 1.54) is 0 Å². The first-order chi connectivity index (χ1) is 12.4. The van der Waals surface area contributed by atoms with E-state index in [9.17, 15) is 9.59 Å². The fourth-order valence-corrected chi connectivity index (χ4v) is 3.28. The van der Waals surface area contributed by atoms with Crippen LogP contribution in [0.1, 0.15) is 51.7 Å². The maximum Gasteiger partial charge on any atom is 0.313 e. The summed E-state index contributed by atoms with van der Waals surface area (Å²) in [4.78, 5) is 24.6. The van der Waals surface area contributed by atoms with Gasteiger partial charge in [-0.15, -0.1) is 0 Å². The molecule has 4 nitrogen and oxygen atoms in total. The molecule has 26 heavy (non-hydrogen) atoms. The van der Waals surface area contributed by atoms with Crippen LogP contribution in [0.15, 0.2) is 24.3 Å². The Morgan fingerprint density at radius 2 is 1.15 bits per heavy atom. The molecule has 138 valence electrons. The number of hydrogen-bond donors (Lipinski definition) is 0. The van der Waals surface area contributed by atoms with E-state index in [0.29, 0.717) is 11.5 Å². The highest BCUT2D eigenvalue weighted by Gasteiger charge is 2.27. The van der Waals surface area contributed by atoms with Crippen LogP contribution in [0, 0.1) is 11.8 Å². The lowest BCUT2D eigenvalue weighted by atomic mass is 9.87. The van der Waals surface area contributed by atoms with Gasteiger partial charge < -0.3 is 9.47 Å². The molecule has 0 unspecified atom stereocenters. The van der Waals surface area contributed by atoms with Gasteiger partial charge >= 0.3 is 11.9 Å². The second-order valence-electron chi connectivity index (χ2n) is 7.52. The first kappa shape index (κ1) is 18.4. The van der Waals surface area contributed by atoms with Gasteiger partial charge in [-0.2, -0.15) is 0 Å². The van der Waals surface area contributed by atoms with E-state index in [4.69, 9.17) is 9.47 Å². The molecular formula is C22H26O4. The van der Waals surface area contributed by atoms with Gasteiger partial charge in [0.25, 0.3) is 0 Å². The van der Waals surface area contributed by atoms with Gasteiger partial charge in [0.2, 0.25) is 0 Å². The number of hydrogen-bond acceptors (Lipinski definition) is 4. The normalized spacial score (nSPS) is 13.8. The van der Waals surface area contributed by atoms with Gasteiger partial charge in [-0.25, -0.2) is 0 Å². The van der Waals surface area contributed by atoms with Gasteiger partial charge in [0.1, 0.15) is 11.5 Å². The maximum absolute atomic E-state index is 12.3. The van der Waals surface area contributed by atoms with Gasteiger partial charge in [0.05, 0.1) is 11.8 Å². The van der Waals surface area contributed by atoms with Crippen molar-refractivity contribution in [2.75, 3.05) is 0 Å². The molecule has 0 N–H and O–H groups in total. The van der Waals surface area contributed by atoms with E-state index >= 15 is 0 Å². The van der Waals surface area contributed by atoms with Crippen LogP contribution >= 0.6 is 0 Å². The molecule has 0 fully saturated rings. The van der Waals surface area contributed by atoms with Crippen molar-refractivity contribution in [3.05, 3.63) is 35.4 Å². The van der Waals surface area contributed by atoms with Gasteiger partial charge in [0, 0.05) is 21.9 Å². The molecule has 0 bridgehead atoms. The summed E-state index contributed by atoms with van der Waals surface area (Å²) in [6, 6.07) is 7.69. The smallest absolute Gasteiger partial charge is 0.313 e. The molecule has 3 rings (SSSR count). The highest BCUT2D eigenvalue weighted by Crippen LogP contribution is 2.44. The minimum Gasteiger partial charge on any atom is -0.425 e. The number of fused-ring (bicyclic) bond motifs is 2. The summed E-state index contributed by atoms with van der Waals surface area (Å²) >= 11 is 0. The largest absolute Gasteiger partial charge is 0.425 e. The van der Waals surface area contributed by atoms with E-state index < -0.39 is 0 Å². The van der Waals surface area contributed by atoms with Crippen LogP contribution in [-0.4, -0.2) is 11.9 Å². The van der Waals surface area contributed by atoms with Crippen molar-refractivity contribution >= 4 is 22.7 Å². The summed E-state index contributed by atoms with van der Waals surface area (Å²) in [5, 5.41) is 1.66. The molecule has 0 aliphatic heterocycles. The highest BCUT2D eigenvalue weighted by molar-refractivity contribution is 5.99. The Bertz CT molecular complexity index is 778. The number of esters is 2. The molecule has 2 aromatic rings. The van der Waals surface area contributed by atoms with Gasteiger partial charge in [0.15, 0.2) is 0 Å². The van der Waals surface area contributed by atoms with Crippen LogP contribution in [0.4, 0.5) is 0 Å². The monoisotopic (exact) mass is 354 g/mol.